The zero-order chi connectivity index (χ0) is 12.3. The van der Waals surface area contributed by atoms with Crippen LogP contribution in [0.4, 0.5) is 5.69 Å². The van der Waals surface area contributed by atoms with Gasteiger partial charge < -0.3 is 9.73 Å². The van der Waals surface area contributed by atoms with Crippen LogP contribution in [-0.4, -0.2) is 6.04 Å². The third kappa shape index (κ3) is 3.13. The smallest absolute Gasteiger partial charge is 0.105 e. The Kier molecular flexibility index (Phi) is 3.52. The van der Waals surface area contributed by atoms with Crippen molar-refractivity contribution in [1.82, 2.24) is 0 Å². The summed E-state index contributed by atoms with van der Waals surface area (Å²) in [5.41, 5.74) is 3.77. The van der Waals surface area contributed by atoms with E-state index in [-0.39, 0.29) is 0 Å². The Hall–Kier alpha value is -1.70. The maximum Gasteiger partial charge on any atom is 0.105 e. The predicted molar refractivity (Wildman–Crippen MR) is 71.4 cm³/mol. The zero-order valence-electron chi connectivity index (χ0n) is 10.7. The third-order valence-electron chi connectivity index (χ3n) is 2.88. The fourth-order valence-electron chi connectivity index (χ4n) is 1.94. The molecule has 2 aromatic rings. The molecule has 0 bridgehead atoms. The number of nitrogens with one attached hydrogen (secondary N) is 1. The Morgan fingerprint density at radius 2 is 2.06 bits per heavy atom. The minimum Gasteiger partial charge on any atom is -0.469 e. The van der Waals surface area contributed by atoms with Crippen molar-refractivity contribution in [3.05, 3.63) is 53.5 Å². The van der Waals surface area contributed by atoms with Crippen LogP contribution in [0, 0.1) is 13.8 Å². The predicted octanol–water partition coefficient (Wildman–Crippen LogP) is 3.94. The van der Waals surface area contributed by atoms with Gasteiger partial charge in [-0.15, -0.1) is 0 Å². The van der Waals surface area contributed by atoms with Crippen LogP contribution in [0.25, 0.3) is 0 Å². The van der Waals surface area contributed by atoms with E-state index in [0.29, 0.717) is 6.04 Å². The Morgan fingerprint density at radius 1 is 1.24 bits per heavy atom. The molecule has 0 saturated heterocycles. The molecule has 0 aliphatic heterocycles. The van der Waals surface area contributed by atoms with Gasteiger partial charge in [0.05, 0.1) is 6.26 Å². The van der Waals surface area contributed by atoms with Gasteiger partial charge >= 0.3 is 0 Å². The van der Waals surface area contributed by atoms with Crippen LogP contribution in [0.1, 0.15) is 23.8 Å². The van der Waals surface area contributed by atoms with Crippen molar-refractivity contribution in [1.29, 1.82) is 0 Å². The van der Waals surface area contributed by atoms with Gasteiger partial charge in [-0.05, 0) is 50.1 Å². The molecule has 0 fully saturated rings. The Balaban J connectivity index is 2.02. The van der Waals surface area contributed by atoms with Crippen molar-refractivity contribution in [3.63, 3.8) is 0 Å². The summed E-state index contributed by atoms with van der Waals surface area (Å²) >= 11 is 0. The van der Waals surface area contributed by atoms with E-state index in [4.69, 9.17) is 4.42 Å². The first-order chi connectivity index (χ1) is 8.15. The highest BCUT2D eigenvalue weighted by molar-refractivity contribution is 5.53. The highest BCUT2D eigenvalue weighted by Crippen LogP contribution is 2.18. The molecule has 0 radical (unpaired) electrons. The molecule has 1 heterocycles. The van der Waals surface area contributed by atoms with E-state index in [1.807, 2.05) is 12.1 Å². The van der Waals surface area contributed by atoms with Gasteiger partial charge in [-0.1, -0.05) is 12.1 Å². The van der Waals surface area contributed by atoms with Gasteiger partial charge in [-0.25, -0.2) is 0 Å². The molecule has 0 aliphatic rings. The van der Waals surface area contributed by atoms with E-state index in [2.05, 4.69) is 44.3 Å². The second-order valence-electron chi connectivity index (χ2n) is 4.65. The maximum atomic E-state index is 5.36. The molecule has 1 atom stereocenters. The monoisotopic (exact) mass is 229 g/mol. The summed E-state index contributed by atoms with van der Waals surface area (Å²) in [7, 11) is 0. The molecule has 2 rings (SSSR count). The number of hydrogen-bond acceptors (Lipinski definition) is 2. The molecule has 90 valence electrons. The van der Waals surface area contributed by atoms with Crippen LogP contribution in [0.2, 0.25) is 0 Å². The normalized spacial score (nSPS) is 12.4. The first-order valence-corrected chi connectivity index (χ1v) is 6.01. The van der Waals surface area contributed by atoms with Gasteiger partial charge in [0.15, 0.2) is 0 Å². The van der Waals surface area contributed by atoms with Gasteiger partial charge in [0.1, 0.15) is 5.76 Å². The molecule has 0 spiro atoms. The lowest BCUT2D eigenvalue weighted by Crippen LogP contribution is -2.18. The standard InChI is InChI=1S/C15H19NO/c1-11-6-7-12(2)15(9-11)16-13(3)10-14-5-4-8-17-14/h4-9,13,16H,10H2,1-3H3. The molecule has 0 aliphatic carbocycles. The Labute approximate surface area is 103 Å². The first kappa shape index (κ1) is 11.8. The molecule has 0 saturated carbocycles. The van der Waals surface area contributed by atoms with E-state index in [0.717, 1.165) is 12.2 Å². The maximum absolute atomic E-state index is 5.36. The SMILES string of the molecule is Cc1ccc(C)c(NC(C)Cc2ccco2)c1. The van der Waals surface area contributed by atoms with Crippen molar-refractivity contribution in [2.45, 2.75) is 33.2 Å². The Morgan fingerprint density at radius 3 is 2.76 bits per heavy atom. The van der Waals surface area contributed by atoms with Crippen molar-refractivity contribution in [2.75, 3.05) is 5.32 Å². The average molecular weight is 229 g/mol. The zero-order valence-corrected chi connectivity index (χ0v) is 10.7. The summed E-state index contributed by atoms with van der Waals surface area (Å²) in [5, 5.41) is 3.53. The van der Waals surface area contributed by atoms with E-state index in [1.165, 1.54) is 16.8 Å². The minimum absolute atomic E-state index is 0.363. The number of benzene rings is 1. The number of rotatable bonds is 4. The average Bonchev–Trinajstić information content (AvgIpc) is 2.76. The van der Waals surface area contributed by atoms with Crippen molar-refractivity contribution in [3.8, 4) is 0 Å². The van der Waals surface area contributed by atoms with Crippen molar-refractivity contribution < 1.29 is 4.42 Å². The molecule has 2 nitrogen and oxygen atoms in total. The highest BCUT2D eigenvalue weighted by Gasteiger charge is 2.07. The van der Waals surface area contributed by atoms with Gasteiger partial charge in [-0.2, -0.15) is 0 Å². The van der Waals surface area contributed by atoms with E-state index in [1.54, 1.807) is 6.26 Å². The van der Waals surface area contributed by atoms with E-state index in [9.17, 15) is 0 Å². The van der Waals surface area contributed by atoms with Gasteiger partial charge in [0, 0.05) is 18.2 Å². The summed E-state index contributed by atoms with van der Waals surface area (Å²) in [5.74, 6) is 1.02. The Bertz CT molecular complexity index is 474. The molecule has 0 amide bonds. The summed E-state index contributed by atoms with van der Waals surface area (Å²) < 4.78 is 5.36. The quantitative estimate of drug-likeness (QED) is 0.859. The fraction of sp³-hybridized carbons (Fsp3) is 0.333. The van der Waals surface area contributed by atoms with Gasteiger partial charge in [-0.3, -0.25) is 0 Å². The summed E-state index contributed by atoms with van der Waals surface area (Å²) in [6.45, 7) is 6.41. The van der Waals surface area contributed by atoms with Crippen LogP contribution >= 0.6 is 0 Å². The number of hydrogen-bond donors (Lipinski definition) is 1. The van der Waals surface area contributed by atoms with Crippen LogP contribution < -0.4 is 5.32 Å². The van der Waals surface area contributed by atoms with Crippen LogP contribution in [0.15, 0.2) is 41.0 Å². The lowest BCUT2D eigenvalue weighted by molar-refractivity contribution is 0.497. The fourth-order valence-corrected chi connectivity index (χ4v) is 1.94. The van der Waals surface area contributed by atoms with E-state index >= 15 is 0 Å². The van der Waals surface area contributed by atoms with Crippen molar-refractivity contribution in [2.24, 2.45) is 0 Å². The first-order valence-electron chi connectivity index (χ1n) is 6.01. The van der Waals surface area contributed by atoms with Crippen LogP contribution in [-0.2, 0) is 6.42 Å². The molecule has 1 unspecified atom stereocenters. The number of aryl methyl sites for hydroxylation is 2. The third-order valence-corrected chi connectivity index (χ3v) is 2.88. The summed E-state index contributed by atoms with van der Waals surface area (Å²) in [6.07, 6.45) is 2.63. The molecule has 1 aromatic heterocycles. The topological polar surface area (TPSA) is 25.2 Å². The molecule has 17 heavy (non-hydrogen) atoms. The van der Waals surface area contributed by atoms with Crippen molar-refractivity contribution >= 4 is 5.69 Å². The lowest BCUT2D eigenvalue weighted by atomic mass is 10.1. The summed E-state index contributed by atoms with van der Waals surface area (Å²) in [4.78, 5) is 0. The molecule has 1 aromatic carbocycles. The van der Waals surface area contributed by atoms with Crippen LogP contribution in [0.5, 0.6) is 0 Å². The molecule has 1 N–H and O–H groups in total. The highest BCUT2D eigenvalue weighted by atomic mass is 16.3. The second-order valence-corrected chi connectivity index (χ2v) is 4.65. The lowest BCUT2D eigenvalue weighted by Gasteiger charge is -2.16. The van der Waals surface area contributed by atoms with Crippen LogP contribution in [0.3, 0.4) is 0 Å². The number of anilines is 1. The van der Waals surface area contributed by atoms with Gasteiger partial charge in [0.25, 0.3) is 0 Å². The van der Waals surface area contributed by atoms with Gasteiger partial charge in [0.2, 0.25) is 0 Å². The summed E-state index contributed by atoms with van der Waals surface area (Å²) in [6, 6.07) is 10.8. The van der Waals surface area contributed by atoms with E-state index < -0.39 is 0 Å². The number of furan rings is 1. The minimum atomic E-state index is 0.363. The molecular formula is C15H19NO. The molecule has 2 heteroatoms. The second kappa shape index (κ2) is 5.09. The molecular weight excluding hydrogens is 210 g/mol. The largest absolute Gasteiger partial charge is 0.469 e.